The third-order valence-corrected chi connectivity index (χ3v) is 3.25. The van der Waals surface area contributed by atoms with Gasteiger partial charge in [-0.2, -0.15) is 0 Å². The first-order valence-electron chi connectivity index (χ1n) is 6.48. The quantitative estimate of drug-likeness (QED) is 0.885. The molecule has 1 unspecified atom stereocenters. The Balaban J connectivity index is 0.00000242. The Kier molecular flexibility index (Phi) is 6.31. The van der Waals surface area contributed by atoms with Gasteiger partial charge < -0.3 is 15.8 Å². The Morgan fingerprint density at radius 2 is 2.00 bits per heavy atom. The summed E-state index contributed by atoms with van der Waals surface area (Å²) >= 11 is 0. The van der Waals surface area contributed by atoms with Gasteiger partial charge in [-0.15, -0.1) is 25.6 Å². The van der Waals surface area contributed by atoms with Crippen LogP contribution in [-0.4, -0.2) is 32.0 Å². The molecule has 0 saturated carbocycles. The molecule has 0 aromatic heterocycles. The van der Waals surface area contributed by atoms with Crippen molar-refractivity contribution in [1.29, 1.82) is 0 Å². The third kappa shape index (κ3) is 5.27. The number of halogens is 4. The van der Waals surface area contributed by atoms with Crippen molar-refractivity contribution >= 4 is 24.1 Å². The molecule has 22 heavy (non-hydrogen) atoms. The lowest BCUT2D eigenvalue weighted by Gasteiger charge is -2.23. The predicted octanol–water partition coefficient (Wildman–Crippen LogP) is 2.50. The van der Waals surface area contributed by atoms with Crippen molar-refractivity contribution in [3.05, 3.63) is 24.3 Å². The Morgan fingerprint density at radius 1 is 1.36 bits per heavy atom. The average molecular weight is 340 g/mol. The van der Waals surface area contributed by atoms with E-state index in [4.69, 9.17) is 5.73 Å². The Bertz CT molecular complexity index is 490. The number of primary amides is 1. The lowest BCUT2D eigenvalue weighted by atomic mass is 10.1. The van der Waals surface area contributed by atoms with E-state index in [0.29, 0.717) is 12.2 Å². The third-order valence-electron chi connectivity index (χ3n) is 3.25. The Labute approximate surface area is 132 Å². The van der Waals surface area contributed by atoms with Gasteiger partial charge in [0.05, 0.1) is 0 Å². The molecule has 1 saturated heterocycles. The van der Waals surface area contributed by atoms with E-state index in [1.807, 2.05) is 0 Å². The van der Waals surface area contributed by atoms with E-state index < -0.39 is 12.4 Å². The second kappa shape index (κ2) is 7.55. The maximum Gasteiger partial charge on any atom is 0.573 e. The zero-order chi connectivity index (χ0) is 15.5. The molecule has 124 valence electrons. The smallest absolute Gasteiger partial charge is 0.406 e. The molecule has 5 nitrogen and oxygen atoms in total. The number of carbonyl (C=O) groups is 1. The number of nitrogens with zero attached hydrogens (tertiary/aromatic N) is 1. The fourth-order valence-electron chi connectivity index (χ4n) is 2.28. The number of nitrogens with one attached hydrogen (secondary N) is 1. The minimum absolute atomic E-state index is 0. The molecule has 1 aliphatic heterocycles. The normalized spacial score (nSPS) is 17.7. The Hall–Kier alpha value is -1.67. The van der Waals surface area contributed by atoms with Crippen molar-refractivity contribution in [3.8, 4) is 5.75 Å². The molecule has 2 amide bonds. The fourth-order valence-corrected chi connectivity index (χ4v) is 2.28. The summed E-state index contributed by atoms with van der Waals surface area (Å²) in [7, 11) is 0. The first-order chi connectivity index (χ1) is 9.85. The topological polar surface area (TPSA) is 67.6 Å². The summed E-state index contributed by atoms with van der Waals surface area (Å²) in [6, 6.07) is 4.45. The number of nitrogens with two attached hydrogens (primary N) is 1. The first-order valence-corrected chi connectivity index (χ1v) is 6.48. The molecular weight excluding hydrogens is 323 g/mol. The van der Waals surface area contributed by atoms with E-state index in [-0.39, 0.29) is 24.1 Å². The van der Waals surface area contributed by atoms with Gasteiger partial charge in [0.15, 0.2) is 0 Å². The largest absolute Gasteiger partial charge is 0.573 e. The summed E-state index contributed by atoms with van der Waals surface area (Å²) in [4.78, 5) is 12.9. The maximum absolute atomic E-state index is 12.1. The number of rotatable bonds is 4. The summed E-state index contributed by atoms with van der Waals surface area (Å²) in [6.45, 7) is 2.11. The van der Waals surface area contributed by atoms with Crippen LogP contribution in [0.5, 0.6) is 5.75 Å². The van der Waals surface area contributed by atoms with Gasteiger partial charge in [0.2, 0.25) is 0 Å². The van der Waals surface area contributed by atoms with Crippen molar-refractivity contribution in [2.24, 2.45) is 11.7 Å². The highest BCUT2D eigenvalue weighted by Crippen LogP contribution is 2.26. The first kappa shape index (κ1) is 18.4. The van der Waals surface area contributed by atoms with Crippen LogP contribution in [-0.2, 0) is 0 Å². The van der Waals surface area contributed by atoms with E-state index in [1.54, 1.807) is 0 Å². The van der Waals surface area contributed by atoms with Crippen molar-refractivity contribution in [3.63, 3.8) is 0 Å². The van der Waals surface area contributed by atoms with Crippen molar-refractivity contribution < 1.29 is 22.7 Å². The van der Waals surface area contributed by atoms with E-state index in [0.717, 1.165) is 31.6 Å². The molecule has 0 spiro atoms. The van der Waals surface area contributed by atoms with Crippen molar-refractivity contribution in [2.45, 2.75) is 12.8 Å². The molecule has 1 aromatic rings. The van der Waals surface area contributed by atoms with Gasteiger partial charge in [-0.3, -0.25) is 4.90 Å². The highest BCUT2D eigenvalue weighted by atomic mass is 35.5. The van der Waals surface area contributed by atoms with Crippen LogP contribution in [0.4, 0.5) is 23.7 Å². The summed E-state index contributed by atoms with van der Waals surface area (Å²) in [5.41, 5.74) is 5.79. The molecule has 9 heteroatoms. The summed E-state index contributed by atoms with van der Waals surface area (Å²) in [6.07, 6.45) is -3.81. The number of ether oxygens (including phenoxy) is 1. The number of hydrogen-bond acceptors (Lipinski definition) is 3. The highest BCUT2D eigenvalue weighted by Gasteiger charge is 2.31. The molecule has 0 bridgehead atoms. The highest BCUT2D eigenvalue weighted by molar-refractivity contribution is 5.90. The zero-order valence-electron chi connectivity index (χ0n) is 11.6. The molecule has 2 rings (SSSR count). The van der Waals surface area contributed by atoms with E-state index in [2.05, 4.69) is 10.1 Å². The number of benzene rings is 1. The molecule has 1 fully saturated rings. The van der Waals surface area contributed by atoms with Gasteiger partial charge in [-0.05, 0) is 49.7 Å². The SMILES string of the molecule is Cl.NC(=O)N(CC1CCNC1)c1ccc(OC(F)(F)F)cc1. The summed E-state index contributed by atoms with van der Waals surface area (Å²) in [5.74, 6) is -0.0539. The lowest BCUT2D eigenvalue weighted by molar-refractivity contribution is -0.274. The van der Waals surface area contributed by atoms with Gasteiger partial charge in [-0.1, -0.05) is 0 Å². The van der Waals surface area contributed by atoms with E-state index in [1.165, 1.54) is 17.0 Å². The van der Waals surface area contributed by atoms with Crippen LogP contribution in [0.2, 0.25) is 0 Å². The van der Waals surface area contributed by atoms with Gasteiger partial charge in [-0.25, -0.2) is 4.79 Å². The minimum atomic E-state index is -4.74. The van der Waals surface area contributed by atoms with Crippen LogP contribution < -0.4 is 20.7 Å². The van der Waals surface area contributed by atoms with Gasteiger partial charge in [0.25, 0.3) is 0 Å². The van der Waals surface area contributed by atoms with Crippen LogP contribution >= 0.6 is 12.4 Å². The zero-order valence-corrected chi connectivity index (χ0v) is 12.4. The monoisotopic (exact) mass is 339 g/mol. The summed E-state index contributed by atoms with van der Waals surface area (Å²) < 4.78 is 40.0. The number of alkyl halides is 3. The van der Waals surface area contributed by atoms with Crippen LogP contribution in [0.3, 0.4) is 0 Å². The second-order valence-corrected chi connectivity index (χ2v) is 4.85. The number of amides is 2. The molecule has 0 radical (unpaired) electrons. The van der Waals surface area contributed by atoms with E-state index in [9.17, 15) is 18.0 Å². The minimum Gasteiger partial charge on any atom is -0.406 e. The number of urea groups is 1. The average Bonchev–Trinajstić information content (AvgIpc) is 2.88. The second-order valence-electron chi connectivity index (χ2n) is 4.85. The molecule has 1 aliphatic rings. The summed E-state index contributed by atoms with van der Waals surface area (Å²) in [5, 5.41) is 3.18. The van der Waals surface area contributed by atoms with Crippen molar-refractivity contribution in [1.82, 2.24) is 5.32 Å². The lowest BCUT2D eigenvalue weighted by Crippen LogP contribution is -2.39. The molecule has 1 heterocycles. The predicted molar refractivity (Wildman–Crippen MR) is 78.3 cm³/mol. The number of anilines is 1. The van der Waals surface area contributed by atoms with Crippen molar-refractivity contribution in [2.75, 3.05) is 24.5 Å². The molecule has 3 N–H and O–H groups in total. The number of hydrogen-bond donors (Lipinski definition) is 2. The maximum atomic E-state index is 12.1. The van der Waals surface area contributed by atoms with Crippen LogP contribution in [0, 0.1) is 5.92 Å². The van der Waals surface area contributed by atoms with Gasteiger partial charge in [0.1, 0.15) is 5.75 Å². The van der Waals surface area contributed by atoms with Crippen LogP contribution in [0.15, 0.2) is 24.3 Å². The molecular formula is C13H17ClF3N3O2. The van der Waals surface area contributed by atoms with Crippen LogP contribution in [0.25, 0.3) is 0 Å². The molecule has 1 atom stereocenters. The Morgan fingerprint density at radius 3 is 2.45 bits per heavy atom. The molecule has 0 aliphatic carbocycles. The van der Waals surface area contributed by atoms with Crippen LogP contribution in [0.1, 0.15) is 6.42 Å². The van der Waals surface area contributed by atoms with Gasteiger partial charge >= 0.3 is 12.4 Å². The fraction of sp³-hybridized carbons (Fsp3) is 0.462. The van der Waals surface area contributed by atoms with Gasteiger partial charge in [0, 0.05) is 12.2 Å². The standard InChI is InChI=1S/C13H16F3N3O2.ClH/c14-13(15,16)21-11-3-1-10(2-4-11)19(12(17)20)8-9-5-6-18-7-9;/h1-4,9,18H,5-8H2,(H2,17,20);1H. The molecule has 1 aromatic carbocycles. The number of carbonyl (C=O) groups excluding carboxylic acids is 1. The van der Waals surface area contributed by atoms with E-state index >= 15 is 0 Å².